The molecule has 0 aromatic heterocycles. The minimum atomic E-state index is -9.24. The van der Waals surface area contributed by atoms with Crippen LogP contribution in [0.25, 0.3) is 0 Å². The Morgan fingerprint density at radius 3 is 0.398 bits per heavy atom. The maximum absolute atomic E-state index is 13.1. The van der Waals surface area contributed by atoms with Gasteiger partial charge >= 0.3 is 68.6 Å². The van der Waals surface area contributed by atoms with E-state index in [4.69, 9.17) is 0 Å². The van der Waals surface area contributed by atoms with E-state index in [-0.39, 0.29) is 0 Å². The van der Waals surface area contributed by atoms with Gasteiger partial charge in [-0.25, -0.2) is 0 Å². The van der Waals surface area contributed by atoms with Crippen molar-refractivity contribution in [1.82, 2.24) is 0 Å². The van der Waals surface area contributed by atoms with Gasteiger partial charge in [-0.2, -0.15) is 132 Å². The highest BCUT2D eigenvalue weighted by molar-refractivity contribution is 8.30. The lowest BCUT2D eigenvalue weighted by Crippen LogP contribution is -2.58. The molecule has 0 heterocycles. The minimum Gasteiger partial charge on any atom is -0.254 e. The summed E-state index contributed by atoms with van der Waals surface area (Å²) in [6, 6.07) is 42.0. The van der Waals surface area contributed by atoms with Crippen LogP contribution in [0.3, 0.4) is 0 Å². The fraction of sp³-hybridized carbons (Fsp3) is 0.316. The van der Waals surface area contributed by atoms with Gasteiger partial charge in [0.1, 0.15) is 59.0 Å². The molecular weight excluding hydrogens is 1470 g/mol. The molecule has 4 rings (SSSR count). The first-order chi connectivity index (χ1) is 38.6. The van der Waals surface area contributed by atoms with Crippen LogP contribution in [0.2, 0.25) is 0 Å². The number of hydrogen-bond acceptors (Lipinski definition) is 12. The van der Waals surface area contributed by atoms with Crippen LogP contribution in [0.15, 0.2) is 141 Å². The zero-order chi connectivity index (χ0) is 70.0. The van der Waals surface area contributed by atoms with E-state index in [1.54, 1.807) is 0 Å². The summed E-state index contributed by atoms with van der Waals surface area (Å²) in [7, 11) is -55.4. The Labute approximate surface area is 480 Å². The van der Waals surface area contributed by atoms with Gasteiger partial charge in [0, 0.05) is 23.5 Å². The lowest BCUT2D eigenvalue weighted by Gasteiger charge is -2.38. The monoisotopic (exact) mass is 1500 g/mol. The Hall–Kier alpha value is -4.82. The van der Waals surface area contributed by atoms with Crippen LogP contribution >= 0.6 is 0 Å². The Morgan fingerprint density at radius 1 is 0.205 bits per heavy atom. The molecule has 88 heavy (non-hydrogen) atoms. The standard InChI is InChI=1S/2C12H10S.2C7F15O6S3/c2*1-3-7-11(8-4-1)13-12-9-5-2-6-10-12;2*8-2(9,10)5(17,18)29(23,24)1(30(25,26)6(19,20)3(11,12)13)31(27,28)7(21,22)4(14,15)16/h2*1-10H;;/q;;2*-1/p+2. The van der Waals surface area contributed by atoms with Crippen molar-refractivity contribution in [3.8, 4) is 0 Å². The molecule has 0 saturated carbocycles. The zero-order valence-corrected chi connectivity index (χ0v) is 46.8. The van der Waals surface area contributed by atoms with Crippen LogP contribution in [0.5, 0.6) is 0 Å². The van der Waals surface area contributed by atoms with E-state index in [1.165, 1.54) is 43.1 Å². The molecular formula is C38H22F30O12S8. The first-order valence-electron chi connectivity index (χ1n) is 20.2. The van der Waals surface area contributed by atoms with Gasteiger partial charge in [0.2, 0.25) is 0 Å². The fourth-order valence-corrected chi connectivity index (χ4v) is 20.4. The Morgan fingerprint density at radius 2 is 0.307 bits per heavy atom. The second-order valence-corrected chi connectivity index (χ2v) is 30.8. The van der Waals surface area contributed by atoms with Gasteiger partial charge < -0.3 is 0 Å². The maximum Gasteiger partial charge on any atom is 0.466 e. The molecule has 0 N–H and O–H groups in total. The van der Waals surface area contributed by atoms with Gasteiger partial charge in [-0.15, -0.1) is 0 Å². The van der Waals surface area contributed by atoms with Crippen LogP contribution in [0.4, 0.5) is 132 Å². The number of sulfone groups is 6. The van der Waals surface area contributed by atoms with Crippen molar-refractivity contribution in [1.29, 1.82) is 0 Å². The lowest BCUT2D eigenvalue weighted by atomic mass is 10.4. The summed E-state index contributed by atoms with van der Waals surface area (Å²) in [4.78, 5) is 5.37. The molecule has 12 nitrogen and oxygen atoms in total. The quantitative estimate of drug-likeness (QED) is 0.0445. The van der Waals surface area contributed by atoms with Crippen molar-refractivity contribution >= 4 is 82.5 Å². The first-order valence-corrected chi connectivity index (χ1v) is 30.8. The molecule has 50 heteroatoms. The molecule has 0 fully saturated rings. The van der Waals surface area contributed by atoms with Crippen LogP contribution < -0.4 is 0 Å². The highest BCUT2D eigenvalue weighted by Gasteiger charge is 2.79. The van der Waals surface area contributed by atoms with Gasteiger partial charge in [0.05, 0.1) is 7.83 Å². The zero-order valence-electron chi connectivity index (χ0n) is 40.1. The van der Waals surface area contributed by atoms with Crippen molar-refractivity contribution in [3.63, 3.8) is 0 Å². The molecule has 0 radical (unpaired) electrons. The lowest BCUT2D eigenvalue weighted by molar-refractivity contribution is -0.243. The van der Waals surface area contributed by atoms with Gasteiger partial charge in [-0.3, -0.25) is 50.5 Å². The van der Waals surface area contributed by atoms with Crippen molar-refractivity contribution in [3.05, 3.63) is 129 Å². The summed E-state index contributed by atoms with van der Waals surface area (Å²) < 4.78 is 499. The Bertz CT molecular complexity index is 3110. The summed E-state index contributed by atoms with van der Waals surface area (Å²) in [5, 5.41) is -48.4. The molecule has 0 bridgehead atoms. The van der Waals surface area contributed by atoms with Gasteiger partial charge in [-0.1, -0.05) is 72.8 Å². The van der Waals surface area contributed by atoms with E-state index < -0.39 is 135 Å². The van der Waals surface area contributed by atoms with Crippen LogP contribution in [-0.2, 0) is 82.5 Å². The van der Waals surface area contributed by atoms with E-state index in [2.05, 4.69) is 97.1 Å². The van der Waals surface area contributed by atoms with E-state index in [9.17, 15) is 182 Å². The number of rotatable bonds is 16. The average molecular weight is 1500 g/mol. The number of halogens is 30. The summed E-state index contributed by atoms with van der Waals surface area (Å²) >= 11 is 2.56. The predicted octanol–water partition coefficient (Wildman–Crippen LogP) is 12.1. The van der Waals surface area contributed by atoms with Crippen molar-refractivity contribution in [2.24, 2.45) is 0 Å². The van der Waals surface area contributed by atoms with Gasteiger partial charge in [-0.05, 0) is 48.5 Å². The molecule has 0 aliphatic rings. The number of hydrogen-bond donors (Lipinski definition) is 0. The number of benzene rings is 4. The van der Waals surface area contributed by atoms with Crippen molar-refractivity contribution < 1.29 is 182 Å². The number of thiol groups is 2. The van der Waals surface area contributed by atoms with Gasteiger partial charge in [0.15, 0.2) is 19.6 Å². The SMILES string of the molecule is O=S(=O)([C-](S(=O)(=O)C(F)(F)C(F)(F)F)S(=O)(=O)C(F)(F)C(F)(F)F)C(F)(F)C(F)(F)F.O=S(=O)([C-](S(=O)(=O)C(F)(F)C(F)(F)F)S(=O)(=O)C(F)(F)C(F)(F)F)C(F)(F)C(F)(F)F.c1ccc([SH+]c2ccccc2)cc1.c1ccc([SH+]c2ccccc2)cc1. The second kappa shape index (κ2) is 26.4. The van der Waals surface area contributed by atoms with E-state index in [0.29, 0.717) is 0 Å². The van der Waals surface area contributed by atoms with Crippen LogP contribution in [0, 0.1) is 7.83 Å². The summed E-state index contributed by atoms with van der Waals surface area (Å²) in [6.45, 7) is 0. The van der Waals surface area contributed by atoms with E-state index in [1.807, 2.05) is 24.3 Å². The van der Waals surface area contributed by atoms with Crippen LogP contribution in [-0.4, -0.2) is 119 Å². The minimum absolute atomic E-state index is 1.28. The molecule has 4 aromatic rings. The molecule has 0 unspecified atom stereocenters. The Kier molecular flexibility index (Phi) is 24.4. The first kappa shape index (κ1) is 81.2. The topological polar surface area (TPSA) is 205 Å². The van der Waals surface area contributed by atoms with Crippen molar-refractivity contribution in [2.75, 3.05) is 0 Å². The van der Waals surface area contributed by atoms with Crippen LogP contribution in [0.1, 0.15) is 0 Å². The van der Waals surface area contributed by atoms with E-state index in [0.717, 1.165) is 0 Å². The molecule has 504 valence electrons. The number of alkyl halides is 30. The summed E-state index contributed by atoms with van der Waals surface area (Å²) in [6.07, 6.45) is -46.9. The normalized spacial score (nSPS) is 14.6. The molecule has 4 aromatic carbocycles. The molecule has 0 atom stereocenters. The summed E-state index contributed by atoms with van der Waals surface area (Å²) in [5.74, 6) is 0. The summed E-state index contributed by atoms with van der Waals surface area (Å²) in [5.41, 5.74) is 0. The third kappa shape index (κ3) is 16.3. The Balaban J connectivity index is 0.000000627. The third-order valence-electron chi connectivity index (χ3n) is 8.86. The maximum atomic E-state index is 13.1. The highest BCUT2D eigenvalue weighted by Crippen LogP contribution is 2.58. The smallest absolute Gasteiger partial charge is 0.254 e. The fourth-order valence-electron chi connectivity index (χ4n) is 4.72. The third-order valence-corrected chi connectivity index (χ3v) is 27.1. The predicted molar refractivity (Wildman–Crippen MR) is 242 cm³/mol. The van der Waals surface area contributed by atoms with E-state index >= 15 is 0 Å². The molecule has 0 saturated heterocycles. The molecule has 0 aliphatic carbocycles. The highest BCUT2D eigenvalue weighted by atomic mass is 32.3. The van der Waals surface area contributed by atoms with Crippen molar-refractivity contribution in [2.45, 2.75) is 88.2 Å². The second-order valence-electron chi connectivity index (χ2n) is 15.2. The van der Waals surface area contributed by atoms with Gasteiger partial charge in [0.25, 0.3) is 0 Å². The average Bonchev–Trinajstić information content (AvgIpc) is 3.33. The molecule has 0 spiro atoms. The molecule has 0 amide bonds. The molecule has 0 aliphatic heterocycles. The largest absolute Gasteiger partial charge is 0.466 e.